The molecule has 0 aromatic carbocycles. The molecule has 16 nitrogen and oxygen atoms in total. The SMILES string of the molecule is CC(=O)OCOP(=O)(OCOC(C)=O)C(CNc1ccccn1)P(=O)(OCOC(C)=O)OCOC(C)=O. The van der Waals surface area contributed by atoms with Gasteiger partial charge in [-0.25, -0.2) is 4.98 Å². The van der Waals surface area contributed by atoms with E-state index >= 15 is 0 Å². The van der Waals surface area contributed by atoms with Crippen LogP contribution in [-0.2, 0) is 65.4 Å². The Bertz CT molecular complexity index is 900. The minimum absolute atomic E-state index is 0.227. The Kier molecular flexibility index (Phi) is 14.0. The smallest absolute Gasteiger partial charge is 0.353 e. The van der Waals surface area contributed by atoms with E-state index < -0.39 is 78.2 Å². The predicted molar refractivity (Wildman–Crippen MR) is 123 cm³/mol. The highest BCUT2D eigenvalue weighted by atomic mass is 31.2. The average molecular weight is 570 g/mol. The molecule has 0 saturated carbocycles. The summed E-state index contributed by atoms with van der Waals surface area (Å²) >= 11 is 0. The van der Waals surface area contributed by atoms with Gasteiger partial charge >= 0.3 is 39.1 Å². The van der Waals surface area contributed by atoms with Gasteiger partial charge in [0, 0.05) is 40.4 Å². The van der Waals surface area contributed by atoms with Crippen LogP contribution in [0.2, 0.25) is 0 Å². The van der Waals surface area contributed by atoms with Crippen molar-refractivity contribution in [3.63, 3.8) is 0 Å². The van der Waals surface area contributed by atoms with Gasteiger partial charge < -0.3 is 24.3 Å². The Hall–Kier alpha value is -2.87. The number of nitrogens with zero attached hydrogens (tertiary/aromatic N) is 1. The van der Waals surface area contributed by atoms with Gasteiger partial charge in [-0.15, -0.1) is 0 Å². The number of pyridine rings is 1. The van der Waals surface area contributed by atoms with Crippen LogP contribution in [0, 0.1) is 0 Å². The van der Waals surface area contributed by atoms with Gasteiger partial charge in [0.2, 0.25) is 27.2 Å². The first-order valence-electron chi connectivity index (χ1n) is 10.3. The van der Waals surface area contributed by atoms with Gasteiger partial charge in [0.15, 0.2) is 5.40 Å². The lowest BCUT2D eigenvalue weighted by Gasteiger charge is -2.31. The van der Waals surface area contributed by atoms with Crippen LogP contribution in [0.5, 0.6) is 0 Å². The number of rotatable bonds is 17. The zero-order valence-corrected chi connectivity index (χ0v) is 22.3. The Balaban J connectivity index is 3.43. The number of nitrogens with one attached hydrogen (secondary N) is 1. The third-order valence-corrected chi connectivity index (χ3v) is 9.22. The molecule has 0 radical (unpaired) electrons. The summed E-state index contributed by atoms with van der Waals surface area (Å²) in [6.07, 6.45) is 1.43. The van der Waals surface area contributed by atoms with E-state index in [4.69, 9.17) is 18.1 Å². The Morgan fingerprint density at radius 3 is 1.41 bits per heavy atom. The van der Waals surface area contributed by atoms with Gasteiger partial charge in [-0.05, 0) is 12.1 Å². The van der Waals surface area contributed by atoms with Crippen LogP contribution in [0.3, 0.4) is 0 Å². The molecule has 1 aromatic heterocycles. The molecule has 0 aliphatic rings. The van der Waals surface area contributed by atoms with E-state index in [1.807, 2.05) is 0 Å². The fraction of sp³-hybridized carbons (Fsp3) is 0.526. The zero-order valence-electron chi connectivity index (χ0n) is 20.5. The molecule has 0 amide bonds. The average Bonchev–Trinajstić information content (AvgIpc) is 2.79. The topological polar surface area (TPSA) is 201 Å². The fourth-order valence-electron chi connectivity index (χ4n) is 2.21. The molecule has 0 aliphatic heterocycles. The highest BCUT2D eigenvalue weighted by molar-refractivity contribution is 7.72. The lowest BCUT2D eigenvalue weighted by molar-refractivity contribution is -0.151. The predicted octanol–water partition coefficient (Wildman–Crippen LogP) is 2.35. The van der Waals surface area contributed by atoms with Crippen LogP contribution in [0.15, 0.2) is 24.4 Å². The van der Waals surface area contributed by atoms with E-state index in [2.05, 4.69) is 29.2 Å². The van der Waals surface area contributed by atoms with Crippen molar-refractivity contribution >= 4 is 44.9 Å². The molecule has 18 heteroatoms. The maximum absolute atomic E-state index is 13.9. The normalized spacial score (nSPS) is 11.5. The van der Waals surface area contributed by atoms with Crippen LogP contribution in [0.1, 0.15) is 27.7 Å². The summed E-state index contributed by atoms with van der Waals surface area (Å²) in [4.78, 5) is 48.8. The van der Waals surface area contributed by atoms with Crippen molar-refractivity contribution < 1.29 is 65.4 Å². The number of carbonyl (C=O) groups is 4. The number of esters is 4. The molecular weight excluding hydrogens is 542 g/mol. The van der Waals surface area contributed by atoms with Gasteiger partial charge in [-0.1, -0.05) is 6.07 Å². The maximum atomic E-state index is 13.9. The standard InChI is InChI=1S/C19H28N2O14P2/c1-14(22)28-10-32-36(26,33-11-29-15(2)23)19(9-21-18-7-5-6-8-20-18)37(27,34-12-30-16(3)24)35-13-31-17(4)25/h5-8,19H,9-13H2,1-4H3,(H,20,21). The molecule has 0 atom stereocenters. The monoisotopic (exact) mass is 570 g/mol. The van der Waals surface area contributed by atoms with E-state index in [1.165, 1.54) is 12.3 Å². The summed E-state index contributed by atoms with van der Waals surface area (Å²) < 4.78 is 67.1. The van der Waals surface area contributed by atoms with Gasteiger partial charge in [0.25, 0.3) is 0 Å². The van der Waals surface area contributed by atoms with Crippen LogP contribution in [0.4, 0.5) is 5.82 Å². The first-order valence-corrected chi connectivity index (χ1v) is 13.6. The summed E-state index contributed by atoms with van der Waals surface area (Å²) in [5, 5.41) is 0.843. The van der Waals surface area contributed by atoms with E-state index in [0.29, 0.717) is 0 Å². The molecule has 0 fully saturated rings. The van der Waals surface area contributed by atoms with Crippen LogP contribution in [-0.4, -0.2) is 68.0 Å². The molecule has 0 bridgehead atoms. The Morgan fingerprint density at radius 2 is 1.11 bits per heavy atom. The second-order valence-electron chi connectivity index (χ2n) is 6.69. The Labute approximate surface area is 212 Å². The third kappa shape index (κ3) is 12.8. The molecule has 1 heterocycles. The van der Waals surface area contributed by atoms with E-state index in [9.17, 15) is 28.3 Å². The largest absolute Gasteiger partial charge is 0.438 e. The van der Waals surface area contributed by atoms with E-state index in [-0.39, 0.29) is 5.82 Å². The van der Waals surface area contributed by atoms with Crippen molar-refractivity contribution in [2.75, 3.05) is 39.0 Å². The molecule has 37 heavy (non-hydrogen) atoms. The first-order chi connectivity index (χ1) is 17.4. The zero-order chi connectivity index (χ0) is 27.9. The van der Waals surface area contributed by atoms with Crippen molar-refractivity contribution in [1.82, 2.24) is 4.98 Å². The van der Waals surface area contributed by atoms with Crippen molar-refractivity contribution in [3.8, 4) is 0 Å². The van der Waals surface area contributed by atoms with Crippen molar-refractivity contribution in [2.45, 2.75) is 33.1 Å². The summed E-state index contributed by atoms with van der Waals surface area (Å²) in [5.74, 6) is -3.01. The second kappa shape index (κ2) is 16.1. The molecule has 0 saturated heterocycles. The van der Waals surface area contributed by atoms with E-state index in [1.54, 1.807) is 12.1 Å². The highest BCUT2D eigenvalue weighted by Gasteiger charge is 2.52. The maximum Gasteiger partial charge on any atom is 0.353 e. The van der Waals surface area contributed by atoms with Crippen LogP contribution in [0.25, 0.3) is 0 Å². The molecule has 0 aliphatic carbocycles. The van der Waals surface area contributed by atoms with Gasteiger partial charge in [-0.3, -0.25) is 46.4 Å². The molecule has 0 spiro atoms. The number of hydrogen-bond acceptors (Lipinski definition) is 16. The summed E-state index contributed by atoms with van der Waals surface area (Å²) in [6.45, 7) is -0.0891. The van der Waals surface area contributed by atoms with Crippen molar-refractivity contribution in [3.05, 3.63) is 24.4 Å². The summed E-state index contributed by atoms with van der Waals surface area (Å²) in [6, 6.07) is 4.76. The minimum atomic E-state index is -4.77. The number of aromatic nitrogens is 1. The van der Waals surface area contributed by atoms with Gasteiger partial charge in [0.1, 0.15) is 5.82 Å². The number of ether oxygens (including phenoxy) is 4. The molecule has 0 unspecified atom stereocenters. The van der Waals surface area contributed by atoms with Crippen molar-refractivity contribution in [1.29, 1.82) is 0 Å². The Morgan fingerprint density at radius 1 is 0.730 bits per heavy atom. The molecule has 1 aromatic rings. The minimum Gasteiger partial charge on any atom is -0.438 e. The van der Waals surface area contributed by atoms with Gasteiger partial charge in [0.05, 0.1) is 0 Å². The lowest BCUT2D eigenvalue weighted by Crippen LogP contribution is -2.27. The number of anilines is 1. The quantitative estimate of drug-likeness (QED) is 0.124. The van der Waals surface area contributed by atoms with Crippen LogP contribution >= 0.6 is 15.2 Å². The van der Waals surface area contributed by atoms with Crippen molar-refractivity contribution in [2.24, 2.45) is 0 Å². The number of carbonyl (C=O) groups excluding carboxylic acids is 4. The van der Waals surface area contributed by atoms with Crippen LogP contribution < -0.4 is 5.32 Å². The lowest BCUT2D eigenvalue weighted by atomic mass is 10.4. The summed E-state index contributed by atoms with van der Waals surface area (Å²) in [5.41, 5.74) is 0. The molecule has 1 N–H and O–H groups in total. The third-order valence-electron chi connectivity index (χ3n) is 3.84. The molecule has 208 valence electrons. The number of hydrogen-bond donors (Lipinski definition) is 1. The highest BCUT2D eigenvalue weighted by Crippen LogP contribution is 2.70. The van der Waals surface area contributed by atoms with Gasteiger partial charge in [-0.2, -0.15) is 0 Å². The molecule has 1 rings (SSSR count). The summed E-state index contributed by atoms with van der Waals surface area (Å²) in [7, 11) is -9.53. The second-order valence-corrected chi connectivity index (χ2v) is 11.5. The molecular formula is C19H28N2O14P2. The van der Waals surface area contributed by atoms with E-state index in [0.717, 1.165) is 27.7 Å². The first kappa shape index (κ1) is 32.2. The fourth-order valence-corrected chi connectivity index (χ4v) is 6.66.